The van der Waals surface area contributed by atoms with Crippen molar-refractivity contribution in [3.05, 3.63) is 89.4 Å². The topological polar surface area (TPSA) is 519 Å². The van der Waals surface area contributed by atoms with Gasteiger partial charge in [0.1, 0.15) is 54.2 Å². The van der Waals surface area contributed by atoms with Crippen molar-refractivity contribution in [1.29, 1.82) is 5.26 Å². The number of aliphatic imine (C=N–C) groups is 1. The van der Waals surface area contributed by atoms with Gasteiger partial charge in [0.05, 0.1) is 37.0 Å². The standard InChI is InChI=1S/C64H92FN19O13/c1-33(2)22-46(50(85)27-53(88)78-47(56(68)90)23-34(3)4)81-62(96)49(26-40-30-71-32-84(40)8)79-54(89)31-75-63(97)55(35(5)6)83-57(91)36(7)76-61(95)48(25-39-29-74-43-13-10-9-12-41(39)43)82-60(94)45(17-18-51(67)86)77-52(87)19-21-72-59(93)44(14-11-20-73-64(69)70)80-58(92)37-15-16-42(65)38(24-37)28-66/h9-10,12-13,15-16,24,29-30,32-36,44-50,55,74,85H,11,14,17-23,25-27,31H2,1-8H3,(H2,67,86)(H2,68,90)(H,72,93)(H,75,97)(H,76,95)(H,77,87)(H,78,88)(H,79,89)(H,80,92)(H,81,96)(H,82,94)(H,83,91)(H4,69,70,73)/t36-,44-,45-,46-,47-,48-,49-,50-,55-/m0/s1/i65-1. The minimum atomic E-state index is -1.50. The fraction of sp³-hybridized carbons (Fsp3) is 0.516. The molecule has 9 atom stereocenters. The van der Waals surface area contributed by atoms with Gasteiger partial charge in [-0.1, -0.05) is 59.7 Å². The van der Waals surface area contributed by atoms with E-state index < -0.39 is 168 Å². The van der Waals surface area contributed by atoms with Gasteiger partial charge in [-0.15, -0.1) is 0 Å². The highest BCUT2D eigenvalue weighted by Gasteiger charge is 2.34. The molecule has 0 radical (unpaired) electrons. The number of guanidine groups is 1. The summed E-state index contributed by atoms with van der Waals surface area (Å²) in [5, 5.41) is 47.1. The number of hydrogen-bond acceptors (Lipinski definition) is 16. The van der Waals surface area contributed by atoms with Crippen molar-refractivity contribution in [3.63, 3.8) is 0 Å². The van der Waals surface area contributed by atoms with E-state index in [0.29, 0.717) is 22.2 Å². The normalized spacial score (nSPS) is 13.9. The summed E-state index contributed by atoms with van der Waals surface area (Å²) in [6.45, 7) is 10.9. The molecule has 528 valence electrons. The number of aromatic nitrogens is 3. The van der Waals surface area contributed by atoms with E-state index in [0.717, 1.165) is 18.2 Å². The van der Waals surface area contributed by atoms with Gasteiger partial charge in [0.2, 0.25) is 65.0 Å². The summed E-state index contributed by atoms with van der Waals surface area (Å²) in [6, 6.07) is 1.53. The lowest BCUT2D eigenvalue weighted by Gasteiger charge is -2.28. The average Bonchev–Trinajstić information content (AvgIpc) is 1.72. The number of carbonyl (C=O) groups excluding carboxylic acids is 12. The number of benzene rings is 2. The first-order valence-corrected chi connectivity index (χ1v) is 31.7. The van der Waals surface area contributed by atoms with Crippen LogP contribution < -0.4 is 76.1 Å². The number of aryl methyl sites for hydroxylation is 1. The van der Waals surface area contributed by atoms with E-state index in [1.807, 2.05) is 27.7 Å². The molecule has 2 heterocycles. The van der Waals surface area contributed by atoms with Gasteiger partial charge in [-0.2, -0.15) is 5.26 Å². The van der Waals surface area contributed by atoms with Crippen molar-refractivity contribution in [2.24, 2.45) is 52.7 Å². The Bertz CT molecular complexity index is 3510. The quantitative estimate of drug-likeness (QED) is 0.0128. The molecule has 12 amide bonds. The van der Waals surface area contributed by atoms with Crippen LogP contribution in [0.4, 0.5) is 4.39 Å². The van der Waals surface area contributed by atoms with Crippen LogP contribution in [-0.2, 0) is 72.6 Å². The first-order valence-electron chi connectivity index (χ1n) is 31.7. The van der Waals surface area contributed by atoms with E-state index in [4.69, 9.17) is 22.9 Å². The summed E-state index contributed by atoms with van der Waals surface area (Å²) < 4.78 is 15.7. The molecule has 97 heavy (non-hydrogen) atoms. The van der Waals surface area contributed by atoms with Crippen LogP contribution >= 0.6 is 0 Å². The van der Waals surface area contributed by atoms with Crippen molar-refractivity contribution in [1.82, 2.24) is 67.7 Å². The average molecular weight is 1350 g/mol. The van der Waals surface area contributed by atoms with Gasteiger partial charge >= 0.3 is 0 Å². The van der Waals surface area contributed by atoms with Crippen molar-refractivity contribution in [2.75, 3.05) is 19.6 Å². The molecule has 0 fully saturated rings. The fourth-order valence-corrected chi connectivity index (χ4v) is 10.1. The first kappa shape index (κ1) is 78.9. The number of aliphatic hydroxyl groups excluding tert-OH is 1. The van der Waals surface area contributed by atoms with Crippen LogP contribution in [0.1, 0.15) is 127 Å². The molecule has 0 saturated heterocycles. The van der Waals surface area contributed by atoms with E-state index in [9.17, 15) is 72.3 Å². The summed E-state index contributed by atoms with van der Waals surface area (Å²) in [6.07, 6.45) is 1.79. The zero-order chi connectivity index (χ0) is 72.2. The second-order valence-electron chi connectivity index (χ2n) is 24.7. The Morgan fingerprint density at radius 2 is 1.32 bits per heavy atom. The van der Waals surface area contributed by atoms with Crippen LogP contribution in [-0.4, -0.2) is 171 Å². The van der Waals surface area contributed by atoms with Gasteiger partial charge < -0.3 is 90.8 Å². The van der Waals surface area contributed by atoms with Gasteiger partial charge in [0, 0.05) is 80.4 Å². The van der Waals surface area contributed by atoms with Crippen LogP contribution in [0.15, 0.2) is 66.2 Å². The molecule has 0 bridgehead atoms. The number of imidazole rings is 1. The summed E-state index contributed by atoms with van der Waals surface area (Å²) in [4.78, 5) is 173. The molecule has 20 N–H and O–H groups in total. The third kappa shape index (κ3) is 26.7. The lowest BCUT2D eigenvalue weighted by Crippen LogP contribution is -2.59. The molecule has 32 nitrogen and oxygen atoms in total. The molecular formula is C64H92FN19O13. The third-order valence-corrected chi connectivity index (χ3v) is 15.3. The molecule has 0 aliphatic heterocycles. The Hall–Kier alpha value is -10.5. The van der Waals surface area contributed by atoms with Crippen LogP contribution in [0, 0.1) is 34.9 Å². The summed E-state index contributed by atoms with van der Waals surface area (Å²) in [7, 11) is 1.67. The molecule has 0 saturated carbocycles. The van der Waals surface area contributed by atoms with E-state index in [1.165, 1.54) is 19.4 Å². The number of amides is 12. The van der Waals surface area contributed by atoms with Gasteiger partial charge in [0.15, 0.2) is 5.96 Å². The number of hydrogen-bond donors (Lipinski definition) is 16. The maximum atomic E-state index is 14.4. The number of halogens is 1. The van der Waals surface area contributed by atoms with E-state index >= 15 is 0 Å². The fourth-order valence-electron chi connectivity index (χ4n) is 10.1. The van der Waals surface area contributed by atoms with Gasteiger partial charge in [-0.25, -0.2) is 9.37 Å². The summed E-state index contributed by atoms with van der Waals surface area (Å²) in [5.41, 5.74) is 23.0. The van der Waals surface area contributed by atoms with E-state index in [-0.39, 0.29) is 81.4 Å². The van der Waals surface area contributed by atoms with Crippen molar-refractivity contribution in [3.8, 4) is 6.07 Å². The minimum absolute atomic E-state index is 0.0111. The molecular weight excluding hydrogens is 1260 g/mol. The van der Waals surface area contributed by atoms with E-state index in [1.54, 1.807) is 62.0 Å². The lowest BCUT2D eigenvalue weighted by molar-refractivity contribution is -0.135. The monoisotopic (exact) mass is 1350 g/mol. The SMILES string of the molecule is CC(C)C[C@H](NC(=O)C[C@H](O)[C@H](CC(C)C)NC(=O)[C@H](Cc1cncn1C)NC(=O)CNC(=O)[C@@H](NC(=O)[C@H](C)NC(=O)[C@H](Cc1c[nH]c2ccccc12)NC(=O)[C@H](CCC(N)=O)NC(=O)CCNC(=O)[C@H](CCCN=C(N)N)NC(=O)c1ccc([18F])c(C#N)c1)C(C)C)C(N)=O. The second kappa shape index (κ2) is 38.7. The van der Waals surface area contributed by atoms with Crippen LogP contribution in [0.2, 0.25) is 0 Å². The second-order valence-corrected chi connectivity index (χ2v) is 24.7. The smallest absolute Gasteiger partial charge is 0.251 e. The number of nitrogens with two attached hydrogens (primary N) is 4. The molecule has 0 unspecified atom stereocenters. The van der Waals surface area contributed by atoms with Gasteiger partial charge in [-0.3, -0.25) is 62.5 Å². The zero-order valence-corrected chi connectivity index (χ0v) is 55.7. The predicted octanol–water partition coefficient (Wildman–Crippen LogP) is -2.16. The Morgan fingerprint density at radius 1 is 0.680 bits per heavy atom. The molecule has 2 aromatic heterocycles. The maximum absolute atomic E-state index is 14.4. The van der Waals surface area contributed by atoms with Crippen molar-refractivity contribution >= 4 is 87.7 Å². The molecule has 4 aromatic rings. The van der Waals surface area contributed by atoms with Gasteiger partial charge in [-0.05, 0) is 86.6 Å². The maximum Gasteiger partial charge on any atom is 0.251 e. The molecule has 0 aliphatic rings. The van der Waals surface area contributed by atoms with Crippen LogP contribution in [0.25, 0.3) is 10.9 Å². The summed E-state index contributed by atoms with van der Waals surface area (Å²) in [5.74, 6) is -11.5. The Morgan fingerprint density at radius 3 is 1.95 bits per heavy atom. The van der Waals surface area contributed by atoms with Crippen LogP contribution in [0.3, 0.4) is 0 Å². The number of nitrogens with zero attached hydrogens (tertiary/aromatic N) is 4. The number of primary amides is 2. The molecule has 4 rings (SSSR count). The summed E-state index contributed by atoms with van der Waals surface area (Å²) >= 11 is 0. The first-order chi connectivity index (χ1) is 45.8. The number of H-pyrrole nitrogens is 1. The minimum Gasteiger partial charge on any atom is -0.390 e. The Balaban J connectivity index is 1.46. The van der Waals surface area contributed by atoms with Crippen molar-refractivity contribution in [2.45, 2.75) is 167 Å². The number of aromatic amines is 1. The number of nitriles is 1. The predicted molar refractivity (Wildman–Crippen MR) is 353 cm³/mol. The molecule has 33 heteroatoms. The molecule has 2 aromatic carbocycles. The van der Waals surface area contributed by atoms with Crippen LogP contribution in [0.5, 0.6) is 0 Å². The number of carbonyl (C=O) groups is 12. The number of para-hydroxylation sites is 1. The highest BCUT2D eigenvalue weighted by Crippen LogP contribution is 2.20. The third-order valence-electron chi connectivity index (χ3n) is 15.3. The number of rotatable bonds is 40. The Kier molecular flexibility index (Phi) is 31.5. The zero-order valence-electron chi connectivity index (χ0n) is 55.7. The lowest BCUT2D eigenvalue weighted by atomic mass is 9.96. The Labute approximate surface area is 560 Å². The largest absolute Gasteiger partial charge is 0.390 e. The van der Waals surface area contributed by atoms with E-state index in [2.05, 4.69) is 68.1 Å². The number of aliphatic hydroxyl groups is 1. The number of fused-ring (bicyclic) bond motifs is 1. The molecule has 0 spiro atoms. The van der Waals surface area contributed by atoms with Crippen molar-refractivity contribution < 1.29 is 67.0 Å². The highest BCUT2D eigenvalue weighted by atomic mass is 18.2. The highest BCUT2D eigenvalue weighted by molar-refractivity contribution is 5.99. The number of nitrogens with one attached hydrogen (secondary N) is 11. The molecule has 0 aliphatic carbocycles. The van der Waals surface area contributed by atoms with Gasteiger partial charge in [0.25, 0.3) is 5.91 Å².